The molecular weight excluding hydrogens is 785 g/mol. The zero-order valence-corrected chi connectivity index (χ0v) is 36.0. The van der Waals surface area contributed by atoms with Crippen molar-refractivity contribution in [1.29, 1.82) is 0 Å². The van der Waals surface area contributed by atoms with Crippen molar-refractivity contribution in [2.24, 2.45) is 0 Å². The molecule has 1 atom stereocenters. The third kappa shape index (κ3) is 4.70. The molecule has 0 radical (unpaired) electrons. The van der Waals surface area contributed by atoms with Crippen LogP contribution >= 0.6 is 0 Å². The van der Waals surface area contributed by atoms with Crippen molar-refractivity contribution in [1.82, 2.24) is 9.13 Å². The normalized spacial score (nSPS) is 18.8. The Bertz CT molecular complexity index is 3600. The van der Waals surface area contributed by atoms with Crippen LogP contribution in [0, 0.1) is 12.3 Å². The summed E-state index contributed by atoms with van der Waals surface area (Å²) in [6.07, 6.45) is 25.1. The number of terminal acetylenes is 1. The summed E-state index contributed by atoms with van der Waals surface area (Å²) in [6, 6.07) is 63.4. The summed E-state index contributed by atoms with van der Waals surface area (Å²) in [5.41, 5.74) is 21.2. The first kappa shape index (κ1) is 36.6. The Morgan fingerprint density at radius 1 is 0.585 bits per heavy atom. The Morgan fingerprint density at radius 2 is 1.11 bits per heavy atom. The van der Waals surface area contributed by atoms with Gasteiger partial charge >= 0.3 is 0 Å². The summed E-state index contributed by atoms with van der Waals surface area (Å²) >= 11 is 0. The van der Waals surface area contributed by atoms with E-state index in [1.165, 1.54) is 94.2 Å². The summed E-state index contributed by atoms with van der Waals surface area (Å²) in [7, 11) is 0. The molecule has 2 aromatic heterocycles. The van der Waals surface area contributed by atoms with E-state index in [-0.39, 0.29) is 6.04 Å². The monoisotopic (exact) mass is 828 g/mol. The minimum absolute atomic E-state index is 0.0969. The first-order valence-electron chi connectivity index (χ1n) is 23.2. The predicted octanol–water partition coefficient (Wildman–Crippen LogP) is 14.9. The Kier molecular flexibility index (Phi) is 7.64. The SMILES string of the molecule is C#C/C(=C\C=C1/CC2(C3=C(CC(n4c5c(c6ccccc64)CCC=C5)C=C3)C13c1ccccc1-c1ccccc13)c1ccccc1-c1ccccc12)n1c2ccccc2c2ccccc21. The second kappa shape index (κ2) is 13.6. The lowest BCUT2D eigenvalue weighted by Crippen LogP contribution is -2.45. The Labute approximate surface area is 379 Å². The Balaban J connectivity index is 1.10. The highest BCUT2D eigenvalue weighted by Crippen LogP contribution is 2.69. The van der Waals surface area contributed by atoms with E-state index < -0.39 is 10.8 Å². The maximum atomic E-state index is 6.69. The Morgan fingerprint density at radius 3 is 1.72 bits per heavy atom. The van der Waals surface area contributed by atoms with Gasteiger partial charge in [-0.3, -0.25) is 0 Å². The molecule has 0 saturated carbocycles. The van der Waals surface area contributed by atoms with E-state index in [2.05, 4.69) is 221 Å². The molecule has 2 spiro atoms. The van der Waals surface area contributed by atoms with E-state index in [4.69, 9.17) is 6.42 Å². The second-order valence-electron chi connectivity index (χ2n) is 18.5. The van der Waals surface area contributed by atoms with Gasteiger partial charge in [0.05, 0.1) is 33.6 Å². The van der Waals surface area contributed by atoms with Crippen molar-refractivity contribution in [2.45, 2.75) is 42.6 Å². The highest BCUT2D eigenvalue weighted by atomic mass is 15.0. The number of para-hydroxylation sites is 3. The smallest absolute Gasteiger partial charge is 0.0967 e. The molecule has 1 unspecified atom stereocenters. The summed E-state index contributed by atoms with van der Waals surface area (Å²) in [6.45, 7) is 0. The quantitative estimate of drug-likeness (QED) is 0.157. The molecule has 0 fully saturated rings. The van der Waals surface area contributed by atoms with Crippen LogP contribution in [0.2, 0.25) is 0 Å². The fourth-order valence-electron chi connectivity index (χ4n) is 13.4. The molecule has 0 N–H and O–H groups in total. The molecule has 2 heterocycles. The molecule has 7 aromatic carbocycles. The molecule has 0 aliphatic heterocycles. The molecule has 0 bridgehead atoms. The van der Waals surface area contributed by atoms with Gasteiger partial charge in [0.2, 0.25) is 0 Å². The van der Waals surface area contributed by atoms with Gasteiger partial charge in [-0.25, -0.2) is 0 Å². The third-order valence-corrected chi connectivity index (χ3v) is 15.7. The van der Waals surface area contributed by atoms with Crippen LogP contribution in [0.25, 0.3) is 66.7 Å². The van der Waals surface area contributed by atoms with Crippen molar-refractivity contribution in [3.05, 3.63) is 250 Å². The molecule has 2 heteroatoms. The molecule has 9 aromatic rings. The molecule has 5 aliphatic carbocycles. The van der Waals surface area contributed by atoms with Crippen LogP contribution in [0.15, 0.2) is 217 Å². The zero-order valence-electron chi connectivity index (χ0n) is 36.0. The van der Waals surface area contributed by atoms with Crippen LogP contribution in [0.5, 0.6) is 0 Å². The molecule has 306 valence electrons. The van der Waals surface area contributed by atoms with E-state index in [0.29, 0.717) is 0 Å². The maximum absolute atomic E-state index is 6.69. The molecule has 65 heavy (non-hydrogen) atoms. The number of aryl methyl sites for hydroxylation is 1. The number of rotatable bonds is 3. The van der Waals surface area contributed by atoms with Gasteiger partial charge in [0.1, 0.15) is 0 Å². The summed E-state index contributed by atoms with van der Waals surface area (Å²) in [4.78, 5) is 0. The van der Waals surface area contributed by atoms with Gasteiger partial charge in [-0.2, -0.15) is 0 Å². The number of hydrogen-bond donors (Lipinski definition) is 0. The van der Waals surface area contributed by atoms with E-state index in [1.54, 1.807) is 0 Å². The topological polar surface area (TPSA) is 9.86 Å². The van der Waals surface area contributed by atoms with Gasteiger partial charge in [-0.05, 0) is 123 Å². The maximum Gasteiger partial charge on any atom is 0.0967 e. The number of nitrogens with zero attached hydrogens (tertiary/aromatic N) is 2. The van der Waals surface area contributed by atoms with Crippen molar-refractivity contribution in [2.75, 3.05) is 0 Å². The Hall–Kier alpha value is -7.86. The van der Waals surface area contributed by atoms with Crippen molar-refractivity contribution in [3.8, 4) is 34.6 Å². The van der Waals surface area contributed by atoms with Crippen molar-refractivity contribution >= 4 is 44.5 Å². The van der Waals surface area contributed by atoms with Crippen molar-refractivity contribution in [3.63, 3.8) is 0 Å². The van der Waals surface area contributed by atoms with Gasteiger partial charge in [-0.1, -0.05) is 182 Å². The predicted molar refractivity (Wildman–Crippen MR) is 270 cm³/mol. The fourth-order valence-corrected chi connectivity index (χ4v) is 13.4. The number of hydrogen-bond acceptors (Lipinski definition) is 0. The summed E-state index contributed by atoms with van der Waals surface area (Å²) < 4.78 is 4.96. The van der Waals surface area contributed by atoms with E-state index >= 15 is 0 Å². The molecular formula is C63H44N2. The van der Waals surface area contributed by atoms with Gasteiger partial charge in [0.15, 0.2) is 0 Å². The second-order valence-corrected chi connectivity index (χ2v) is 18.5. The van der Waals surface area contributed by atoms with E-state index in [9.17, 15) is 0 Å². The number of aromatic nitrogens is 2. The largest absolute Gasteiger partial charge is 0.333 e. The average molecular weight is 829 g/mol. The lowest BCUT2D eigenvalue weighted by molar-refractivity contribution is 0.466. The number of fused-ring (bicyclic) bond motifs is 18. The van der Waals surface area contributed by atoms with E-state index in [1.807, 2.05) is 0 Å². The molecule has 2 nitrogen and oxygen atoms in total. The average Bonchev–Trinajstić information content (AvgIpc) is 4.07. The van der Waals surface area contributed by atoms with Gasteiger partial charge in [0, 0.05) is 27.4 Å². The van der Waals surface area contributed by atoms with Gasteiger partial charge in [0.25, 0.3) is 0 Å². The van der Waals surface area contributed by atoms with Crippen LogP contribution < -0.4 is 0 Å². The fraction of sp³-hybridized carbons (Fsp3) is 0.111. The molecule has 14 rings (SSSR count). The number of benzene rings is 7. The minimum Gasteiger partial charge on any atom is -0.333 e. The van der Waals surface area contributed by atoms with Gasteiger partial charge < -0.3 is 9.13 Å². The molecule has 5 aliphatic rings. The van der Waals surface area contributed by atoms with Crippen LogP contribution in [-0.4, -0.2) is 9.13 Å². The molecule has 0 amide bonds. The summed E-state index contributed by atoms with van der Waals surface area (Å²) in [5.74, 6) is 3.21. The highest BCUT2D eigenvalue weighted by Gasteiger charge is 2.59. The van der Waals surface area contributed by atoms with Crippen LogP contribution in [-0.2, 0) is 17.3 Å². The highest BCUT2D eigenvalue weighted by molar-refractivity contribution is 6.10. The minimum atomic E-state index is -0.556. The standard InChI is InChI=1S/C63H44N2/c1-2-42(64-58-31-15-7-23-48(58)49-24-8-16-32-59(49)64)36-35-41-40-62(52-27-11-3-19-44(52)45-20-4-12-28-53(45)62)56-38-37-43(65-60-33-17-9-25-50(60)51-26-10-18-34-61(51)65)39-57(56)63(41)54-29-13-5-21-46(54)47-22-6-14-30-55(47)63/h1,3-9,11-25,27-38,43H,10,26,39-40H2/b41-35+,42-36+. The van der Waals surface area contributed by atoms with Crippen LogP contribution in [0.4, 0.5) is 0 Å². The first-order chi connectivity index (χ1) is 32.2. The van der Waals surface area contributed by atoms with Crippen molar-refractivity contribution < 1.29 is 0 Å². The first-order valence-corrected chi connectivity index (χ1v) is 23.2. The zero-order chi connectivity index (χ0) is 42.9. The number of allylic oxidation sites excluding steroid dienone is 9. The van der Waals surface area contributed by atoms with Crippen LogP contribution in [0.3, 0.4) is 0 Å². The lowest BCUT2D eigenvalue weighted by atomic mass is 9.51. The van der Waals surface area contributed by atoms with Gasteiger partial charge in [-0.15, -0.1) is 6.42 Å². The lowest BCUT2D eigenvalue weighted by Gasteiger charge is -2.52. The van der Waals surface area contributed by atoms with E-state index in [0.717, 1.165) is 42.4 Å². The van der Waals surface area contributed by atoms with Crippen LogP contribution in [0.1, 0.15) is 58.8 Å². The molecule has 0 saturated heterocycles. The third-order valence-electron chi connectivity index (χ3n) is 15.7. The summed E-state index contributed by atoms with van der Waals surface area (Å²) in [5, 5.41) is 3.78.